The van der Waals surface area contributed by atoms with Crippen LogP contribution in [0.15, 0.2) is 249 Å². The molecule has 15 aromatic rings. The van der Waals surface area contributed by atoms with Crippen LogP contribution in [0.5, 0.6) is 11.5 Å². The summed E-state index contributed by atoms with van der Waals surface area (Å²) in [7, 11) is 0. The second-order valence-electron chi connectivity index (χ2n) is 23.8. The molecule has 3 aromatic heterocycles. The van der Waals surface area contributed by atoms with Gasteiger partial charge in [-0.1, -0.05) is 185 Å². The Balaban J connectivity index is 1.03. The Kier molecular flexibility index (Phi) is 10.9. The average Bonchev–Trinajstić information content (AvgIpc) is 1.15. The van der Waals surface area contributed by atoms with E-state index in [-0.39, 0.29) is 12.1 Å². The Morgan fingerprint density at radius 3 is 1.66 bits per heavy atom. The molecule has 0 fully saturated rings. The number of nitrogens with zero attached hydrogens (tertiary/aromatic N) is 5. The molecule has 0 bridgehead atoms. The van der Waals surface area contributed by atoms with Gasteiger partial charge in [0.1, 0.15) is 11.5 Å². The first-order chi connectivity index (χ1) is 42.2. The molecular weight excluding hydrogens is 1070 g/mol. The Morgan fingerprint density at radius 1 is 0.430 bits per heavy atom. The van der Waals surface area contributed by atoms with Crippen LogP contribution in [0.4, 0.5) is 17.1 Å². The minimum atomic E-state index is -0.291. The fourth-order valence-electron chi connectivity index (χ4n) is 14.1. The molecular formula is C78H50BN5OS. The van der Waals surface area contributed by atoms with Gasteiger partial charge >= 0.3 is 0 Å². The van der Waals surface area contributed by atoms with E-state index in [1.54, 1.807) is 0 Å². The van der Waals surface area contributed by atoms with Gasteiger partial charge in [0.2, 0.25) is 0 Å². The number of rotatable bonds is 6. The van der Waals surface area contributed by atoms with Gasteiger partial charge in [0.15, 0.2) is 0 Å². The van der Waals surface area contributed by atoms with Crippen molar-refractivity contribution >= 4 is 115 Å². The SMILES string of the molecule is CC(C)(C)c1cccc(-c2cc3c4c(c2)N(c2c(-c5ccccc5)cccc2-c2ccccc2)c2cc(-n5c6ccccc6c6cc(C#N)ccc65)ccc2B4c2c(cc(-n4c5ccccc5c5cc(C#N)ccc54)c4c2sc2ccccc24)O3)c1. The number of thiophene rings is 1. The van der Waals surface area contributed by atoms with Crippen molar-refractivity contribution in [2.24, 2.45) is 0 Å². The number of benzene rings is 12. The van der Waals surface area contributed by atoms with Crippen LogP contribution >= 0.6 is 11.3 Å². The molecule has 2 aliphatic heterocycles. The van der Waals surface area contributed by atoms with Crippen LogP contribution in [0.25, 0.3) is 109 Å². The highest BCUT2D eigenvalue weighted by molar-refractivity contribution is 7.28. The van der Waals surface area contributed by atoms with Gasteiger partial charge in [-0.3, -0.25) is 0 Å². The Bertz CT molecular complexity index is 5420. The van der Waals surface area contributed by atoms with Crippen LogP contribution in [0.2, 0.25) is 0 Å². The lowest BCUT2D eigenvalue weighted by Gasteiger charge is -2.42. The molecule has 5 heterocycles. The van der Waals surface area contributed by atoms with E-state index in [1.165, 1.54) is 15.6 Å². The van der Waals surface area contributed by atoms with Crippen LogP contribution in [0.1, 0.15) is 37.5 Å². The minimum absolute atomic E-state index is 0.0996. The molecule has 0 amide bonds. The zero-order valence-electron chi connectivity index (χ0n) is 47.3. The normalized spacial score (nSPS) is 12.6. The number of hydrogen-bond donors (Lipinski definition) is 0. The summed E-state index contributed by atoms with van der Waals surface area (Å²) in [4.78, 5) is 2.57. The molecule has 0 radical (unpaired) electrons. The molecule has 0 saturated heterocycles. The van der Waals surface area contributed by atoms with Gasteiger partial charge in [0, 0.05) is 76.0 Å². The number of nitriles is 2. The topological polar surface area (TPSA) is 69.9 Å². The molecule has 0 aliphatic carbocycles. The van der Waals surface area contributed by atoms with E-state index < -0.39 is 0 Å². The summed E-state index contributed by atoms with van der Waals surface area (Å²) < 4.78 is 14.9. The molecule has 2 aliphatic rings. The molecule has 17 rings (SSSR count). The first kappa shape index (κ1) is 49.7. The maximum Gasteiger partial charge on any atom is 0.258 e. The molecule has 6 nitrogen and oxygen atoms in total. The molecule has 0 spiro atoms. The zero-order valence-corrected chi connectivity index (χ0v) is 48.1. The third-order valence-electron chi connectivity index (χ3n) is 17.9. The summed E-state index contributed by atoms with van der Waals surface area (Å²) >= 11 is 1.83. The van der Waals surface area contributed by atoms with E-state index in [9.17, 15) is 10.5 Å². The maximum absolute atomic E-state index is 10.2. The third kappa shape index (κ3) is 7.37. The van der Waals surface area contributed by atoms with Gasteiger partial charge in [0.25, 0.3) is 6.71 Å². The lowest BCUT2D eigenvalue weighted by Crippen LogP contribution is -2.59. The first-order valence-electron chi connectivity index (χ1n) is 29.2. The van der Waals surface area contributed by atoms with Gasteiger partial charge in [-0.2, -0.15) is 10.5 Å². The monoisotopic (exact) mass is 1120 g/mol. The third-order valence-corrected chi connectivity index (χ3v) is 19.2. The number of aromatic nitrogens is 2. The van der Waals surface area contributed by atoms with E-state index in [1.807, 2.05) is 35.6 Å². The summed E-state index contributed by atoms with van der Waals surface area (Å²) in [6.45, 7) is 6.54. The highest BCUT2D eigenvalue weighted by Crippen LogP contribution is 2.52. The quantitative estimate of drug-likeness (QED) is 0.156. The van der Waals surface area contributed by atoms with Crippen molar-refractivity contribution < 1.29 is 4.74 Å². The summed E-state index contributed by atoms with van der Waals surface area (Å²) in [5.41, 5.74) is 21.7. The van der Waals surface area contributed by atoms with Gasteiger partial charge in [-0.05, 0) is 128 Å². The van der Waals surface area contributed by atoms with Crippen molar-refractivity contribution in [1.82, 2.24) is 9.13 Å². The standard InChI is InChI=1S/C78H50BN5OS/c1-78(2,3)53-23-16-22-51(40-53)52-41-69-74-70(42-52)85-71-44-68(83-64-30-14-11-25-58(64)61-39-48(46-81)33-37-66(61)83)73-59-26-12-15-31-72(59)86-77(73)75(71)79(74)62-35-34-54(82-63-29-13-10-24-57(63)60-38-47(45-80)32-36-65(60)82)43-67(62)84(69)76-55(49-18-6-4-7-19-49)27-17-28-56(76)50-20-8-5-9-21-50/h4-44H,1-3H3. The maximum atomic E-state index is 10.2. The Labute approximate surface area is 501 Å². The van der Waals surface area contributed by atoms with E-state index in [4.69, 9.17) is 4.74 Å². The molecule has 0 N–H and O–H groups in total. The van der Waals surface area contributed by atoms with E-state index in [0.29, 0.717) is 11.1 Å². The summed E-state index contributed by atoms with van der Waals surface area (Å²) in [5.74, 6) is 1.61. The highest BCUT2D eigenvalue weighted by Gasteiger charge is 2.45. The van der Waals surface area contributed by atoms with Crippen molar-refractivity contribution in [1.29, 1.82) is 10.5 Å². The number of hydrogen-bond acceptors (Lipinski definition) is 5. The largest absolute Gasteiger partial charge is 0.458 e. The predicted molar refractivity (Wildman–Crippen MR) is 358 cm³/mol. The second-order valence-corrected chi connectivity index (χ2v) is 24.8. The van der Waals surface area contributed by atoms with E-state index in [0.717, 1.165) is 143 Å². The van der Waals surface area contributed by atoms with Crippen molar-refractivity contribution in [2.75, 3.05) is 4.90 Å². The number of fused-ring (bicyclic) bond motifs is 14. The van der Waals surface area contributed by atoms with Crippen LogP contribution in [0, 0.1) is 22.7 Å². The smallest absolute Gasteiger partial charge is 0.258 e. The zero-order chi connectivity index (χ0) is 57.5. The number of ether oxygens (including phenoxy) is 1. The van der Waals surface area contributed by atoms with E-state index >= 15 is 0 Å². The van der Waals surface area contributed by atoms with Crippen LogP contribution in [-0.4, -0.2) is 15.8 Å². The van der Waals surface area contributed by atoms with Gasteiger partial charge in [-0.25, -0.2) is 0 Å². The van der Waals surface area contributed by atoms with Crippen LogP contribution in [-0.2, 0) is 5.41 Å². The van der Waals surface area contributed by atoms with Gasteiger partial charge in [-0.15, -0.1) is 11.3 Å². The van der Waals surface area contributed by atoms with E-state index in [2.05, 4.69) is 271 Å². The van der Waals surface area contributed by atoms with Gasteiger partial charge < -0.3 is 18.8 Å². The van der Waals surface area contributed by atoms with Crippen molar-refractivity contribution in [3.8, 4) is 68.4 Å². The minimum Gasteiger partial charge on any atom is -0.458 e. The highest BCUT2D eigenvalue weighted by atomic mass is 32.1. The summed E-state index contributed by atoms with van der Waals surface area (Å²) in [6, 6.07) is 94.5. The predicted octanol–water partition coefficient (Wildman–Crippen LogP) is 18.7. The lowest BCUT2D eigenvalue weighted by atomic mass is 9.34. The summed E-state index contributed by atoms with van der Waals surface area (Å²) in [6.07, 6.45) is 0. The molecule has 402 valence electrons. The second kappa shape index (κ2) is 18.8. The Morgan fingerprint density at radius 2 is 1.00 bits per heavy atom. The summed E-state index contributed by atoms with van der Waals surface area (Å²) in [5, 5.41) is 27.0. The number of para-hydroxylation sites is 3. The fraction of sp³-hybridized carbons (Fsp3) is 0.0513. The lowest BCUT2D eigenvalue weighted by molar-refractivity contribution is 0.488. The molecule has 86 heavy (non-hydrogen) atoms. The molecule has 0 saturated carbocycles. The fourth-order valence-corrected chi connectivity index (χ4v) is 15.4. The van der Waals surface area contributed by atoms with Crippen molar-refractivity contribution in [3.63, 3.8) is 0 Å². The number of anilines is 3. The van der Waals surface area contributed by atoms with Crippen molar-refractivity contribution in [2.45, 2.75) is 26.2 Å². The van der Waals surface area contributed by atoms with Crippen molar-refractivity contribution in [3.05, 3.63) is 265 Å². The van der Waals surface area contributed by atoms with Gasteiger partial charge in [0.05, 0.1) is 56.7 Å². The van der Waals surface area contributed by atoms with Crippen LogP contribution < -0.4 is 26.0 Å². The first-order valence-corrected chi connectivity index (χ1v) is 30.0. The van der Waals surface area contributed by atoms with Crippen LogP contribution in [0.3, 0.4) is 0 Å². The Hall–Kier alpha value is -10.9. The molecule has 12 aromatic carbocycles. The molecule has 8 heteroatoms. The molecule has 0 unspecified atom stereocenters. The average molecular weight is 1120 g/mol. The molecule has 0 atom stereocenters.